The van der Waals surface area contributed by atoms with Crippen molar-refractivity contribution in [2.75, 3.05) is 6.61 Å². The molecule has 100 valence electrons. The first kappa shape index (κ1) is 12.5. The molecule has 1 saturated heterocycles. The van der Waals surface area contributed by atoms with Gasteiger partial charge < -0.3 is 4.74 Å². The summed E-state index contributed by atoms with van der Waals surface area (Å²) in [7, 11) is 0. The number of nitrogens with zero attached hydrogens (tertiary/aromatic N) is 1. The molecule has 2 heterocycles. The average molecular weight is 257 g/mol. The number of hydrazine groups is 1. The molecular weight excluding hydrogens is 238 g/mol. The number of pyridine rings is 1. The maximum atomic E-state index is 5.75. The Kier molecular flexibility index (Phi) is 3.73. The molecule has 0 radical (unpaired) electrons. The summed E-state index contributed by atoms with van der Waals surface area (Å²) in [5, 5.41) is 1.16. The number of hydrogen-bond acceptors (Lipinski definition) is 4. The Labute approximate surface area is 112 Å². The Morgan fingerprint density at radius 1 is 1.37 bits per heavy atom. The van der Waals surface area contributed by atoms with Gasteiger partial charge in [0.2, 0.25) is 0 Å². The molecule has 0 saturated carbocycles. The number of rotatable bonds is 4. The Bertz CT molecular complexity index is 547. The molecule has 3 N–H and O–H groups in total. The van der Waals surface area contributed by atoms with E-state index in [1.807, 2.05) is 24.4 Å². The largest absolute Gasteiger partial charge is 0.378 e. The van der Waals surface area contributed by atoms with Crippen LogP contribution in [0, 0.1) is 0 Å². The molecular formula is C15H19N3O. The van der Waals surface area contributed by atoms with Crippen LogP contribution >= 0.6 is 0 Å². The van der Waals surface area contributed by atoms with Gasteiger partial charge in [0.15, 0.2) is 0 Å². The molecule has 0 spiro atoms. The van der Waals surface area contributed by atoms with Crippen molar-refractivity contribution in [3.05, 3.63) is 42.1 Å². The highest BCUT2D eigenvalue weighted by atomic mass is 16.5. The lowest BCUT2D eigenvalue weighted by Gasteiger charge is -2.21. The minimum atomic E-state index is 0.107. The van der Waals surface area contributed by atoms with Crippen molar-refractivity contribution >= 4 is 10.9 Å². The fourth-order valence-electron chi connectivity index (χ4n) is 2.81. The molecule has 0 amide bonds. The number of benzene rings is 1. The SMILES string of the molecule is NNC(CC1CCCO1)c1cccc2ncccc12. The second-order valence-electron chi connectivity index (χ2n) is 5.01. The smallest absolute Gasteiger partial charge is 0.0705 e. The summed E-state index contributed by atoms with van der Waals surface area (Å²) in [5.74, 6) is 5.75. The van der Waals surface area contributed by atoms with E-state index in [1.54, 1.807) is 0 Å². The first-order valence-electron chi connectivity index (χ1n) is 6.80. The summed E-state index contributed by atoms with van der Waals surface area (Å²) in [4.78, 5) is 4.39. The van der Waals surface area contributed by atoms with Gasteiger partial charge in [-0.3, -0.25) is 16.3 Å². The lowest BCUT2D eigenvalue weighted by atomic mass is 9.96. The maximum Gasteiger partial charge on any atom is 0.0705 e. The molecule has 1 fully saturated rings. The molecule has 1 aromatic heterocycles. The number of hydrogen-bond donors (Lipinski definition) is 2. The second-order valence-corrected chi connectivity index (χ2v) is 5.01. The van der Waals surface area contributed by atoms with Gasteiger partial charge in [-0.2, -0.15) is 0 Å². The monoisotopic (exact) mass is 257 g/mol. The third-order valence-electron chi connectivity index (χ3n) is 3.78. The standard InChI is InChI=1S/C15H19N3O/c16-18-15(10-11-4-3-9-19-11)13-5-1-7-14-12(13)6-2-8-17-14/h1-2,5-8,11,15,18H,3-4,9-10,16H2. The highest BCUT2D eigenvalue weighted by Crippen LogP contribution is 2.28. The van der Waals surface area contributed by atoms with Gasteiger partial charge in [0.1, 0.15) is 0 Å². The predicted octanol–water partition coefficient (Wildman–Crippen LogP) is 2.31. The van der Waals surface area contributed by atoms with Crippen LogP contribution in [0.1, 0.15) is 30.9 Å². The topological polar surface area (TPSA) is 60.2 Å². The summed E-state index contributed by atoms with van der Waals surface area (Å²) in [6.07, 6.45) is 5.31. The molecule has 0 bridgehead atoms. The van der Waals surface area contributed by atoms with Gasteiger partial charge in [0, 0.05) is 24.2 Å². The maximum absolute atomic E-state index is 5.75. The highest BCUT2D eigenvalue weighted by Gasteiger charge is 2.22. The quantitative estimate of drug-likeness (QED) is 0.652. The number of fused-ring (bicyclic) bond motifs is 1. The van der Waals surface area contributed by atoms with Gasteiger partial charge in [-0.05, 0) is 37.0 Å². The summed E-state index contributed by atoms with van der Waals surface area (Å²) in [6, 6.07) is 10.3. The molecule has 4 heteroatoms. The zero-order valence-electron chi connectivity index (χ0n) is 10.9. The lowest BCUT2D eigenvalue weighted by molar-refractivity contribution is 0.0947. The van der Waals surface area contributed by atoms with E-state index in [0.29, 0.717) is 6.10 Å². The van der Waals surface area contributed by atoms with Crippen LogP contribution < -0.4 is 11.3 Å². The normalized spacial score (nSPS) is 20.8. The predicted molar refractivity (Wildman–Crippen MR) is 75.4 cm³/mol. The van der Waals surface area contributed by atoms with E-state index in [9.17, 15) is 0 Å². The Hall–Kier alpha value is -1.49. The first-order chi connectivity index (χ1) is 9.38. The van der Waals surface area contributed by atoms with Crippen molar-refractivity contribution in [3.63, 3.8) is 0 Å². The minimum absolute atomic E-state index is 0.107. The van der Waals surface area contributed by atoms with Gasteiger partial charge in [-0.1, -0.05) is 18.2 Å². The molecule has 3 rings (SSSR count). The average Bonchev–Trinajstić information content (AvgIpc) is 2.97. The second kappa shape index (κ2) is 5.65. The Morgan fingerprint density at radius 3 is 3.11 bits per heavy atom. The lowest BCUT2D eigenvalue weighted by Crippen LogP contribution is -2.31. The molecule has 1 aromatic carbocycles. The minimum Gasteiger partial charge on any atom is -0.378 e. The van der Waals surface area contributed by atoms with Gasteiger partial charge in [-0.25, -0.2) is 0 Å². The zero-order valence-corrected chi connectivity index (χ0v) is 10.9. The highest BCUT2D eigenvalue weighted by molar-refractivity contribution is 5.82. The van der Waals surface area contributed by atoms with Crippen LogP contribution in [0.25, 0.3) is 10.9 Å². The summed E-state index contributed by atoms with van der Waals surface area (Å²) < 4.78 is 5.71. The third kappa shape index (κ3) is 2.61. The van der Waals surface area contributed by atoms with Crippen LogP contribution in [0.15, 0.2) is 36.5 Å². The van der Waals surface area contributed by atoms with Gasteiger partial charge >= 0.3 is 0 Å². The van der Waals surface area contributed by atoms with Crippen LogP contribution in [-0.4, -0.2) is 17.7 Å². The summed E-state index contributed by atoms with van der Waals surface area (Å²) in [6.45, 7) is 0.874. The van der Waals surface area contributed by atoms with Crippen LogP contribution in [0.2, 0.25) is 0 Å². The molecule has 1 aliphatic rings. The van der Waals surface area contributed by atoms with Crippen LogP contribution in [0.5, 0.6) is 0 Å². The molecule has 0 aliphatic carbocycles. The number of aromatic nitrogens is 1. The molecule has 2 aromatic rings. The third-order valence-corrected chi connectivity index (χ3v) is 3.78. The van der Waals surface area contributed by atoms with Crippen molar-refractivity contribution in [3.8, 4) is 0 Å². The van der Waals surface area contributed by atoms with E-state index in [0.717, 1.165) is 36.8 Å². The fourth-order valence-corrected chi connectivity index (χ4v) is 2.81. The van der Waals surface area contributed by atoms with Crippen molar-refractivity contribution in [2.24, 2.45) is 5.84 Å². The van der Waals surface area contributed by atoms with E-state index < -0.39 is 0 Å². The summed E-state index contributed by atoms with van der Waals surface area (Å²) in [5.41, 5.74) is 5.13. The van der Waals surface area contributed by atoms with Gasteiger partial charge in [0.05, 0.1) is 11.6 Å². The van der Waals surface area contributed by atoms with Crippen LogP contribution in [0.4, 0.5) is 0 Å². The summed E-state index contributed by atoms with van der Waals surface area (Å²) >= 11 is 0. The number of nitrogens with two attached hydrogens (primary N) is 1. The van der Waals surface area contributed by atoms with Gasteiger partial charge in [0.25, 0.3) is 0 Å². The number of ether oxygens (including phenoxy) is 1. The van der Waals surface area contributed by atoms with E-state index in [-0.39, 0.29) is 6.04 Å². The van der Waals surface area contributed by atoms with Crippen LogP contribution in [-0.2, 0) is 4.74 Å². The first-order valence-corrected chi connectivity index (χ1v) is 6.80. The Morgan fingerprint density at radius 2 is 2.32 bits per heavy atom. The molecule has 4 nitrogen and oxygen atoms in total. The molecule has 2 unspecified atom stereocenters. The zero-order chi connectivity index (χ0) is 13.1. The van der Waals surface area contributed by atoms with Crippen molar-refractivity contribution in [1.82, 2.24) is 10.4 Å². The molecule has 2 atom stereocenters. The molecule has 19 heavy (non-hydrogen) atoms. The van der Waals surface area contributed by atoms with E-state index in [4.69, 9.17) is 10.6 Å². The fraction of sp³-hybridized carbons (Fsp3) is 0.400. The van der Waals surface area contributed by atoms with E-state index in [2.05, 4.69) is 22.5 Å². The van der Waals surface area contributed by atoms with Crippen LogP contribution in [0.3, 0.4) is 0 Å². The van der Waals surface area contributed by atoms with Crippen molar-refractivity contribution < 1.29 is 4.74 Å². The van der Waals surface area contributed by atoms with E-state index in [1.165, 1.54) is 5.56 Å². The van der Waals surface area contributed by atoms with E-state index >= 15 is 0 Å². The Balaban J connectivity index is 1.91. The van der Waals surface area contributed by atoms with Crippen molar-refractivity contribution in [2.45, 2.75) is 31.4 Å². The van der Waals surface area contributed by atoms with Crippen molar-refractivity contribution in [1.29, 1.82) is 0 Å². The number of nitrogens with one attached hydrogen (secondary N) is 1. The van der Waals surface area contributed by atoms with Gasteiger partial charge in [-0.15, -0.1) is 0 Å². The molecule has 1 aliphatic heterocycles.